The average Bonchev–Trinajstić information content (AvgIpc) is 2.40. The molecule has 1 aromatic carbocycles. The fraction of sp³-hybridized carbons (Fsp3) is 0.562. The maximum atomic E-state index is 11.8. The second-order valence-corrected chi connectivity index (χ2v) is 4.96. The summed E-state index contributed by atoms with van der Waals surface area (Å²) < 4.78 is 0. The van der Waals surface area contributed by atoms with Crippen LogP contribution in [0, 0.1) is 6.92 Å². The third-order valence-corrected chi connectivity index (χ3v) is 3.21. The Bertz CT molecular complexity index is 402. The quantitative estimate of drug-likeness (QED) is 0.708. The highest BCUT2D eigenvalue weighted by Gasteiger charge is 2.05. The number of carbonyl (C=O) groups excluding carboxylic acids is 1. The lowest BCUT2D eigenvalue weighted by molar-refractivity contribution is 0.252. The minimum atomic E-state index is -0.102. The smallest absolute Gasteiger partial charge is 0.319 e. The van der Waals surface area contributed by atoms with Crippen LogP contribution in [0.1, 0.15) is 50.7 Å². The maximum Gasteiger partial charge on any atom is 0.319 e. The van der Waals surface area contributed by atoms with E-state index in [0.717, 1.165) is 25.1 Å². The molecule has 2 amide bonds. The Kier molecular flexibility index (Phi) is 7.01. The van der Waals surface area contributed by atoms with Crippen LogP contribution in [0.5, 0.6) is 0 Å². The summed E-state index contributed by atoms with van der Waals surface area (Å²) in [6.45, 7) is 7.10. The highest BCUT2D eigenvalue weighted by atomic mass is 16.2. The van der Waals surface area contributed by atoms with Crippen LogP contribution >= 0.6 is 0 Å². The van der Waals surface area contributed by atoms with Crippen molar-refractivity contribution in [1.29, 1.82) is 0 Å². The van der Waals surface area contributed by atoms with Gasteiger partial charge in [0.25, 0.3) is 0 Å². The number of unbranched alkanes of at least 4 members (excludes halogenated alkanes) is 3. The normalized spacial score (nSPS) is 10.3. The van der Waals surface area contributed by atoms with E-state index >= 15 is 0 Å². The van der Waals surface area contributed by atoms with Gasteiger partial charge >= 0.3 is 6.03 Å². The summed E-state index contributed by atoms with van der Waals surface area (Å²) in [5.41, 5.74) is 3.32. The lowest BCUT2D eigenvalue weighted by atomic mass is 10.1. The van der Waals surface area contributed by atoms with Crippen molar-refractivity contribution in [2.24, 2.45) is 0 Å². The standard InChI is InChI=1S/C16H26N2O/c1-4-6-7-8-11-17-16(19)18-15-10-9-13(3)12-14(15)5-2/h9-10,12H,4-8,11H2,1-3H3,(H2,17,18,19). The van der Waals surface area contributed by atoms with E-state index in [1.165, 1.54) is 30.4 Å². The van der Waals surface area contributed by atoms with Crippen LogP contribution in [0.4, 0.5) is 10.5 Å². The fourth-order valence-electron chi connectivity index (χ4n) is 2.06. The number of aryl methyl sites for hydroxylation is 2. The van der Waals surface area contributed by atoms with Gasteiger partial charge in [0.2, 0.25) is 0 Å². The molecule has 106 valence electrons. The Balaban J connectivity index is 2.39. The van der Waals surface area contributed by atoms with Gasteiger partial charge in [0.15, 0.2) is 0 Å². The minimum Gasteiger partial charge on any atom is -0.338 e. The minimum absolute atomic E-state index is 0.102. The molecule has 3 heteroatoms. The van der Waals surface area contributed by atoms with E-state index < -0.39 is 0 Å². The lowest BCUT2D eigenvalue weighted by Crippen LogP contribution is -2.29. The number of rotatable bonds is 7. The van der Waals surface area contributed by atoms with Gasteiger partial charge in [-0.1, -0.05) is 50.8 Å². The number of urea groups is 1. The van der Waals surface area contributed by atoms with Crippen LogP contribution in [0.25, 0.3) is 0 Å². The first kappa shape index (κ1) is 15.5. The molecule has 0 radical (unpaired) electrons. The van der Waals surface area contributed by atoms with E-state index in [9.17, 15) is 4.79 Å². The molecule has 0 unspecified atom stereocenters. The number of carbonyl (C=O) groups is 1. The molecule has 0 aliphatic rings. The van der Waals surface area contributed by atoms with Crippen LogP contribution in [0.15, 0.2) is 18.2 Å². The monoisotopic (exact) mass is 262 g/mol. The first-order valence-electron chi connectivity index (χ1n) is 7.31. The number of nitrogens with one attached hydrogen (secondary N) is 2. The third kappa shape index (κ3) is 5.77. The van der Waals surface area contributed by atoms with Crippen molar-refractivity contribution in [2.45, 2.75) is 52.9 Å². The first-order valence-corrected chi connectivity index (χ1v) is 7.31. The van der Waals surface area contributed by atoms with Gasteiger partial charge in [-0.25, -0.2) is 4.79 Å². The molecule has 0 heterocycles. The Hall–Kier alpha value is -1.51. The van der Waals surface area contributed by atoms with E-state index in [4.69, 9.17) is 0 Å². The van der Waals surface area contributed by atoms with Crippen molar-refractivity contribution in [1.82, 2.24) is 5.32 Å². The number of benzene rings is 1. The van der Waals surface area contributed by atoms with Gasteiger partial charge in [0, 0.05) is 12.2 Å². The molecule has 0 aromatic heterocycles. The van der Waals surface area contributed by atoms with Crippen molar-refractivity contribution >= 4 is 11.7 Å². The zero-order valence-corrected chi connectivity index (χ0v) is 12.4. The lowest BCUT2D eigenvalue weighted by Gasteiger charge is -2.11. The summed E-state index contributed by atoms with van der Waals surface area (Å²) in [6, 6.07) is 6.02. The summed E-state index contributed by atoms with van der Waals surface area (Å²) in [7, 11) is 0. The molecule has 2 N–H and O–H groups in total. The van der Waals surface area contributed by atoms with Gasteiger partial charge in [-0.2, -0.15) is 0 Å². The number of amides is 2. The van der Waals surface area contributed by atoms with E-state index in [1.807, 2.05) is 12.1 Å². The predicted octanol–water partition coefficient (Wildman–Crippen LogP) is 4.26. The zero-order chi connectivity index (χ0) is 14.1. The van der Waals surface area contributed by atoms with Gasteiger partial charge in [-0.05, 0) is 31.4 Å². The topological polar surface area (TPSA) is 41.1 Å². The van der Waals surface area contributed by atoms with E-state index in [2.05, 4.69) is 37.5 Å². The van der Waals surface area contributed by atoms with Gasteiger partial charge in [-0.15, -0.1) is 0 Å². The van der Waals surface area contributed by atoms with Crippen LogP contribution in [0.3, 0.4) is 0 Å². The number of hydrogen-bond acceptors (Lipinski definition) is 1. The van der Waals surface area contributed by atoms with Crippen LogP contribution in [-0.4, -0.2) is 12.6 Å². The number of hydrogen-bond donors (Lipinski definition) is 2. The molecular weight excluding hydrogens is 236 g/mol. The van der Waals surface area contributed by atoms with Crippen LogP contribution in [0.2, 0.25) is 0 Å². The van der Waals surface area contributed by atoms with Crippen molar-refractivity contribution < 1.29 is 4.79 Å². The third-order valence-electron chi connectivity index (χ3n) is 3.21. The molecular formula is C16H26N2O. The summed E-state index contributed by atoms with van der Waals surface area (Å²) in [4.78, 5) is 11.8. The molecule has 0 saturated heterocycles. The molecule has 3 nitrogen and oxygen atoms in total. The highest BCUT2D eigenvalue weighted by molar-refractivity contribution is 5.90. The van der Waals surface area contributed by atoms with Crippen molar-refractivity contribution in [3.63, 3.8) is 0 Å². The molecule has 0 atom stereocenters. The van der Waals surface area contributed by atoms with Crippen molar-refractivity contribution in [2.75, 3.05) is 11.9 Å². The number of anilines is 1. The molecule has 1 rings (SSSR count). The summed E-state index contributed by atoms with van der Waals surface area (Å²) in [5, 5.41) is 5.84. The van der Waals surface area contributed by atoms with Crippen molar-refractivity contribution in [3.05, 3.63) is 29.3 Å². The van der Waals surface area contributed by atoms with Gasteiger partial charge in [0.1, 0.15) is 0 Å². The molecule has 0 aliphatic heterocycles. The highest BCUT2D eigenvalue weighted by Crippen LogP contribution is 2.17. The molecule has 0 aliphatic carbocycles. The Morgan fingerprint density at radius 1 is 1.16 bits per heavy atom. The fourth-order valence-corrected chi connectivity index (χ4v) is 2.06. The zero-order valence-electron chi connectivity index (χ0n) is 12.4. The van der Waals surface area contributed by atoms with Gasteiger partial charge in [0.05, 0.1) is 0 Å². The van der Waals surface area contributed by atoms with Gasteiger partial charge < -0.3 is 10.6 Å². The molecule has 0 bridgehead atoms. The van der Waals surface area contributed by atoms with Crippen molar-refractivity contribution in [3.8, 4) is 0 Å². The molecule has 0 spiro atoms. The predicted molar refractivity (Wildman–Crippen MR) is 81.7 cm³/mol. The Morgan fingerprint density at radius 3 is 2.63 bits per heavy atom. The molecule has 0 saturated carbocycles. The average molecular weight is 262 g/mol. The summed E-state index contributed by atoms with van der Waals surface area (Å²) >= 11 is 0. The first-order chi connectivity index (χ1) is 9.17. The molecule has 19 heavy (non-hydrogen) atoms. The second kappa shape index (κ2) is 8.57. The second-order valence-electron chi connectivity index (χ2n) is 4.96. The molecule has 0 fully saturated rings. The Morgan fingerprint density at radius 2 is 1.95 bits per heavy atom. The van der Waals surface area contributed by atoms with Gasteiger partial charge in [-0.3, -0.25) is 0 Å². The van der Waals surface area contributed by atoms with E-state index in [1.54, 1.807) is 0 Å². The van der Waals surface area contributed by atoms with E-state index in [0.29, 0.717) is 0 Å². The van der Waals surface area contributed by atoms with Crippen LogP contribution in [-0.2, 0) is 6.42 Å². The largest absolute Gasteiger partial charge is 0.338 e. The van der Waals surface area contributed by atoms with E-state index in [-0.39, 0.29) is 6.03 Å². The SMILES string of the molecule is CCCCCCNC(=O)Nc1ccc(C)cc1CC. The molecule has 1 aromatic rings. The summed E-state index contributed by atoms with van der Waals surface area (Å²) in [6.07, 6.45) is 5.61. The maximum absolute atomic E-state index is 11.8. The Labute approximate surface area is 116 Å². The van der Waals surface area contributed by atoms with Crippen LogP contribution < -0.4 is 10.6 Å². The summed E-state index contributed by atoms with van der Waals surface area (Å²) in [5.74, 6) is 0.